The SMILES string of the molecule is Nc1ncnc2c1CCSC2. The lowest BCUT2D eigenvalue weighted by Crippen LogP contribution is -2.09. The first-order valence-corrected chi connectivity index (χ1v) is 4.69. The molecule has 0 saturated heterocycles. The monoisotopic (exact) mass is 167 g/mol. The van der Waals surface area contributed by atoms with Gasteiger partial charge in [-0.05, 0) is 12.2 Å². The molecule has 4 heteroatoms. The molecule has 0 aromatic carbocycles. The van der Waals surface area contributed by atoms with E-state index in [1.165, 1.54) is 0 Å². The second-order valence-corrected chi connectivity index (χ2v) is 3.59. The van der Waals surface area contributed by atoms with Crippen LogP contribution in [0.3, 0.4) is 0 Å². The average molecular weight is 167 g/mol. The molecule has 0 spiro atoms. The highest BCUT2D eigenvalue weighted by atomic mass is 32.2. The fraction of sp³-hybridized carbons (Fsp3) is 0.429. The topological polar surface area (TPSA) is 51.8 Å². The van der Waals surface area contributed by atoms with Gasteiger partial charge in [-0.15, -0.1) is 0 Å². The third kappa shape index (κ3) is 1.18. The Morgan fingerprint density at radius 1 is 1.45 bits per heavy atom. The molecule has 0 fully saturated rings. The van der Waals surface area contributed by atoms with E-state index in [0.717, 1.165) is 29.2 Å². The summed E-state index contributed by atoms with van der Waals surface area (Å²) in [5.41, 5.74) is 7.96. The van der Waals surface area contributed by atoms with Crippen molar-refractivity contribution in [2.75, 3.05) is 11.5 Å². The molecule has 0 amide bonds. The Morgan fingerprint density at radius 3 is 3.18 bits per heavy atom. The third-order valence-corrected chi connectivity index (χ3v) is 2.77. The van der Waals surface area contributed by atoms with Crippen LogP contribution in [0.4, 0.5) is 5.82 Å². The highest BCUT2D eigenvalue weighted by molar-refractivity contribution is 7.98. The zero-order chi connectivity index (χ0) is 7.68. The van der Waals surface area contributed by atoms with E-state index in [1.54, 1.807) is 6.33 Å². The van der Waals surface area contributed by atoms with Crippen LogP contribution < -0.4 is 5.73 Å². The summed E-state index contributed by atoms with van der Waals surface area (Å²) in [7, 11) is 0. The zero-order valence-electron chi connectivity index (χ0n) is 6.08. The maximum Gasteiger partial charge on any atom is 0.130 e. The highest BCUT2D eigenvalue weighted by Crippen LogP contribution is 2.24. The van der Waals surface area contributed by atoms with Gasteiger partial charge in [-0.1, -0.05) is 0 Å². The number of rotatable bonds is 0. The molecular weight excluding hydrogens is 158 g/mol. The maximum absolute atomic E-state index is 5.68. The molecule has 0 aliphatic carbocycles. The Labute approximate surface area is 69.4 Å². The lowest BCUT2D eigenvalue weighted by Gasteiger charge is -2.14. The Bertz CT molecular complexity index is 274. The lowest BCUT2D eigenvalue weighted by atomic mass is 10.1. The quantitative estimate of drug-likeness (QED) is 0.622. The predicted octanol–water partition coefficient (Wildman–Crippen LogP) is 0.848. The summed E-state index contributed by atoms with van der Waals surface area (Å²) in [6.07, 6.45) is 2.56. The summed E-state index contributed by atoms with van der Waals surface area (Å²) < 4.78 is 0. The summed E-state index contributed by atoms with van der Waals surface area (Å²) >= 11 is 1.90. The Morgan fingerprint density at radius 2 is 2.36 bits per heavy atom. The maximum atomic E-state index is 5.68. The van der Waals surface area contributed by atoms with Crippen molar-refractivity contribution in [3.8, 4) is 0 Å². The van der Waals surface area contributed by atoms with Gasteiger partial charge in [-0.2, -0.15) is 11.8 Å². The molecule has 0 unspecified atom stereocenters. The van der Waals surface area contributed by atoms with Gasteiger partial charge in [-0.3, -0.25) is 0 Å². The molecule has 0 atom stereocenters. The number of nitrogens with two attached hydrogens (primary N) is 1. The number of thioether (sulfide) groups is 1. The van der Waals surface area contributed by atoms with E-state index in [9.17, 15) is 0 Å². The second kappa shape index (κ2) is 2.70. The van der Waals surface area contributed by atoms with Crippen LogP contribution in [-0.4, -0.2) is 15.7 Å². The molecule has 2 heterocycles. The number of aromatic nitrogens is 2. The number of hydrogen-bond donors (Lipinski definition) is 1. The van der Waals surface area contributed by atoms with Gasteiger partial charge in [0.2, 0.25) is 0 Å². The van der Waals surface area contributed by atoms with E-state index in [2.05, 4.69) is 9.97 Å². The third-order valence-electron chi connectivity index (χ3n) is 1.80. The van der Waals surface area contributed by atoms with Crippen molar-refractivity contribution in [2.24, 2.45) is 0 Å². The van der Waals surface area contributed by atoms with E-state index in [4.69, 9.17) is 5.73 Å². The number of nitrogen functional groups attached to an aromatic ring is 1. The predicted molar refractivity (Wildman–Crippen MR) is 46.3 cm³/mol. The number of anilines is 1. The van der Waals surface area contributed by atoms with Crippen LogP contribution in [0.15, 0.2) is 6.33 Å². The molecular formula is C7H9N3S. The molecule has 3 nitrogen and oxygen atoms in total. The van der Waals surface area contributed by atoms with E-state index in [-0.39, 0.29) is 0 Å². The van der Waals surface area contributed by atoms with Crippen LogP contribution in [0.5, 0.6) is 0 Å². The molecule has 11 heavy (non-hydrogen) atoms. The molecule has 1 aromatic heterocycles. The van der Waals surface area contributed by atoms with Gasteiger partial charge >= 0.3 is 0 Å². The molecule has 0 radical (unpaired) electrons. The first-order valence-electron chi connectivity index (χ1n) is 3.54. The van der Waals surface area contributed by atoms with Gasteiger partial charge in [0, 0.05) is 11.3 Å². The summed E-state index contributed by atoms with van der Waals surface area (Å²) in [4.78, 5) is 8.12. The van der Waals surface area contributed by atoms with Crippen LogP contribution >= 0.6 is 11.8 Å². The van der Waals surface area contributed by atoms with Crippen molar-refractivity contribution >= 4 is 17.6 Å². The summed E-state index contributed by atoms with van der Waals surface area (Å²) in [6, 6.07) is 0. The Hall–Kier alpha value is -0.770. The normalized spacial score (nSPS) is 16.0. The minimum atomic E-state index is 0.662. The van der Waals surface area contributed by atoms with Gasteiger partial charge < -0.3 is 5.73 Å². The van der Waals surface area contributed by atoms with Gasteiger partial charge in [0.05, 0.1) is 5.69 Å². The molecule has 58 valence electrons. The molecule has 0 bridgehead atoms. The Balaban J connectivity index is 2.49. The molecule has 2 rings (SSSR count). The average Bonchev–Trinajstić information content (AvgIpc) is 2.06. The van der Waals surface area contributed by atoms with Crippen molar-refractivity contribution in [1.29, 1.82) is 0 Å². The first kappa shape index (κ1) is 6.91. The van der Waals surface area contributed by atoms with Gasteiger partial charge in [0.25, 0.3) is 0 Å². The van der Waals surface area contributed by atoms with Crippen LogP contribution in [0.25, 0.3) is 0 Å². The van der Waals surface area contributed by atoms with Gasteiger partial charge in [0.15, 0.2) is 0 Å². The molecule has 0 saturated carbocycles. The zero-order valence-corrected chi connectivity index (χ0v) is 6.90. The fourth-order valence-electron chi connectivity index (χ4n) is 1.20. The van der Waals surface area contributed by atoms with Crippen molar-refractivity contribution < 1.29 is 0 Å². The standard InChI is InChI=1S/C7H9N3S/c8-7-5-1-2-11-3-6(5)9-4-10-7/h4H,1-3H2,(H2,8,9,10). The number of hydrogen-bond acceptors (Lipinski definition) is 4. The van der Waals surface area contributed by atoms with Crippen molar-refractivity contribution in [1.82, 2.24) is 9.97 Å². The first-order chi connectivity index (χ1) is 5.38. The van der Waals surface area contributed by atoms with Crippen LogP contribution in [-0.2, 0) is 12.2 Å². The number of fused-ring (bicyclic) bond motifs is 1. The Kier molecular flexibility index (Phi) is 1.69. The van der Waals surface area contributed by atoms with Crippen molar-refractivity contribution in [2.45, 2.75) is 12.2 Å². The van der Waals surface area contributed by atoms with E-state index in [0.29, 0.717) is 5.82 Å². The van der Waals surface area contributed by atoms with Crippen molar-refractivity contribution in [3.63, 3.8) is 0 Å². The molecule has 1 aliphatic rings. The van der Waals surface area contributed by atoms with Crippen molar-refractivity contribution in [3.05, 3.63) is 17.6 Å². The largest absolute Gasteiger partial charge is 0.383 e. The van der Waals surface area contributed by atoms with Gasteiger partial charge in [-0.25, -0.2) is 9.97 Å². The number of nitrogens with zero attached hydrogens (tertiary/aromatic N) is 2. The minimum absolute atomic E-state index is 0.662. The summed E-state index contributed by atoms with van der Waals surface area (Å²) in [6.45, 7) is 0. The van der Waals surface area contributed by atoms with Crippen LogP contribution in [0, 0.1) is 0 Å². The lowest BCUT2D eigenvalue weighted by molar-refractivity contribution is 0.979. The molecule has 2 N–H and O–H groups in total. The highest BCUT2D eigenvalue weighted by Gasteiger charge is 2.13. The van der Waals surface area contributed by atoms with E-state index in [1.807, 2.05) is 11.8 Å². The summed E-state index contributed by atoms with van der Waals surface area (Å²) in [5.74, 6) is 2.79. The van der Waals surface area contributed by atoms with E-state index >= 15 is 0 Å². The van der Waals surface area contributed by atoms with E-state index < -0.39 is 0 Å². The van der Waals surface area contributed by atoms with Crippen LogP contribution in [0.2, 0.25) is 0 Å². The minimum Gasteiger partial charge on any atom is -0.383 e. The second-order valence-electron chi connectivity index (χ2n) is 2.49. The van der Waals surface area contributed by atoms with Gasteiger partial charge in [0.1, 0.15) is 12.1 Å². The smallest absolute Gasteiger partial charge is 0.130 e. The fourth-order valence-corrected chi connectivity index (χ4v) is 2.14. The van der Waals surface area contributed by atoms with Crippen LogP contribution in [0.1, 0.15) is 11.3 Å². The molecule has 1 aromatic rings. The summed E-state index contributed by atoms with van der Waals surface area (Å²) in [5, 5.41) is 0. The molecule has 1 aliphatic heterocycles.